The first-order valence-electron chi connectivity index (χ1n) is 7.38. The standard InChI is InChI=1S/C16H17N3O4S/c1-8-13(10(3)20)9(2)17-14(8)15(22)23-7-11-6-12(21)19-4-5-24-16(19)18-11/h4-6,10,17,20H,7H2,1-3H3/t10-/m1/s1. The molecule has 0 aliphatic carbocycles. The largest absolute Gasteiger partial charge is 0.454 e. The molecule has 3 aromatic rings. The monoisotopic (exact) mass is 347 g/mol. The number of fused-ring (bicyclic) bond motifs is 1. The van der Waals surface area contributed by atoms with E-state index in [2.05, 4.69) is 9.97 Å². The van der Waals surface area contributed by atoms with E-state index in [1.165, 1.54) is 21.8 Å². The fraction of sp³-hybridized carbons (Fsp3) is 0.312. The van der Waals surface area contributed by atoms with Gasteiger partial charge in [-0.1, -0.05) is 0 Å². The van der Waals surface area contributed by atoms with Crippen molar-refractivity contribution in [2.75, 3.05) is 0 Å². The maximum absolute atomic E-state index is 12.3. The van der Waals surface area contributed by atoms with Crippen molar-refractivity contribution in [3.05, 3.63) is 56.2 Å². The topological polar surface area (TPSA) is 96.7 Å². The molecule has 3 heterocycles. The molecule has 0 aliphatic heterocycles. The molecule has 0 amide bonds. The number of thiazole rings is 1. The number of rotatable bonds is 4. The predicted molar refractivity (Wildman–Crippen MR) is 89.4 cm³/mol. The Labute approximate surface area is 141 Å². The molecule has 2 N–H and O–H groups in total. The molecule has 7 nitrogen and oxygen atoms in total. The molecule has 24 heavy (non-hydrogen) atoms. The van der Waals surface area contributed by atoms with E-state index in [9.17, 15) is 14.7 Å². The molecular formula is C16H17N3O4S. The summed E-state index contributed by atoms with van der Waals surface area (Å²) in [4.78, 5) is 32.0. The van der Waals surface area contributed by atoms with E-state index in [1.807, 2.05) is 0 Å². The third-order valence-corrected chi connectivity index (χ3v) is 4.58. The molecule has 0 fully saturated rings. The molecule has 0 radical (unpaired) electrons. The zero-order chi connectivity index (χ0) is 17.4. The lowest BCUT2D eigenvalue weighted by molar-refractivity contribution is 0.0460. The second-order valence-corrected chi connectivity index (χ2v) is 6.43. The van der Waals surface area contributed by atoms with E-state index in [-0.39, 0.29) is 12.2 Å². The smallest absolute Gasteiger partial charge is 0.355 e. The molecule has 0 saturated carbocycles. The molecule has 0 aliphatic rings. The SMILES string of the molecule is Cc1[nH]c(C(=O)OCc2cc(=O)n3ccsc3n2)c(C)c1[C@@H](C)O. The Morgan fingerprint density at radius 1 is 1.50 bits per heavy atom. The van der Waals surface area contributed by atoms with Crippen LogP contribution in [0.25, 0.3) is 4.96 Å². The first-order chi connectivity index (χ1) is 11.4. The quantitative estimate of drug-likeness (QED) is 0.705. The summed E-state index contributed by atoms with van der Waals surface area (Å²) in [6, 6.07) is 1.35. The Balaban J connectivity index is 1.80. The molecule has 3 rings (SSSR count). The number of H-pyrrole nitrogens is 1. The van der Waals surface area contributed by atoms with Crippen molar-refractivity contribution < 1.29 is 14.6 Å². The molecule has 1 atom stereocenters. The Kier molecular flexibility index (Phi) is 4.25. The lowest BCUT2D eigenvalue weighted by Crippen LogP contribution is -2.15. The molecule has 126 valence electrons. The number of nitrogens with zero attached hydrogens (tertiary/aromatic N) is 2. The summed E-state index contributed by atoms with van der Waals surface area (Å²) in [6.07, 6.45) is 0.971. The summed E-state index contributed by atoms with van der Waals surface area (Å²) in [6.45, 7) is 5.10. The first kappa shape index (κ1) is 16.4. The maximum Gasteiger partial charge on any atom is 0.355 e. The van der Waals surface area contributed by atoms with E-state index in [0.29, 0.717) is 27.5 Å². The van der Waals surface area contributed by atoms with E-state index in [4.69, 9.17) is 4.74 Å². The van der Waals surface area contributed by atoms with Gasteiger partial charge in [-0.15, -0.1) is 11.3 Å². The number of carbonyl (C=O) groups excluding carboxylic acids is 1. The van der Waals surface area contributed by atoms with Gasteiger partial charge < -0.3 is 14.8 Å². The summed E-state index contributed by atoms with van der Waals surface area (Å²) >= 11 is 1.33. The number of hydrogen-bond acceptors (Lipinski definition) is 6. The Morgan fingerprint density at radius 3 is 2.92 bits per heavy atom. The average Bonchev–Trinajstić information content (AvgIpc) is 3.09. The van der Waals surface area contributed by atoms with E-state index < -0.39 is 12.1 Å². The summed E-state index contributed by atoms with van der Waals surface area (Å²) in [5, 5.41) is 11.5. The van der Waals surface area contributed by atoms with Crippen molar-refractivity contribution in [2.24, 2.45) is 0 Å². The van der Waals surface area contributed by atoms with Crippen molar-refractivity contribution in [1.82, 2.24) is 14.4 Å². The van der Waals surface area contributed by atoms with Crippen molar-refractivity contribution >= 4 is 22.3 Å². The Morgan fingerprint density at radius 2 is 2.25 bits per heavy atom. The number of aromatic amines is 1. The molecule has 8 heteroatoms. The van der Waals surface area contributed by atoms with Gasteiger partial charge in [-0.25, -0.2) is 9.78 Å². The minimum absolute atomic E-state index is 0.0933. The Hall–Kier alpha value is -2.45. The van der Waals surface area contributed by atoms with Gasteiger partial charge in [0.25, 0.3) is 5.56 Å². The second kappa shape index (κ2) is 6.21. The highest BCUT2D eigenvalue weighted by Gasteiger charge is 2.21. The van der Waals surface area contributed by atoms with E-state index in [0.717, 1.165) is 5.69 Å². The number of aryl methyl sites for hydroxylation is 1. The number of carbonyl (C=O) groups is 1. The van der Waals surface area contributed by atoms with Crippen molar-refractivity contribution in [3.63, 3.8) is 0 Å². The number of aromatic nitrogens is 3. The first-order valence-corrected chi connectivity index (χ1v) is 8.26. The van der Waals surface area contributed by atoms with Gasteiger partial charge in [0, 0.05) is 28.9 Å². The van der Waals surface area contributed by atoms with E-state index in [1.54, 1.807) is 32.3 Å². The van der Waals surface area contributed by atoms with E-state index >= 15 is 0 Å². The fourth-order valence-corrected chi connectivity index (χ4v) is 3.51. The molecular weight excluding hydrogens is 330 g/mol. The fourth-order valence-electron chi connectivity index (χ4n) is 2.77. The van der Waals surface area contributed by atoms with Crippen LogP contribution in [0.1, 0.15) is 46.0 Å². The zero-order valence-corrected chi connectivity index (χ0v) is 14.3. The molecule has 0 bridgehead atoms. The van der Waals surface area contributed by atoms with Gasteiger partial charge in [0.1, 0.15) is 12.3 Å². The third kappa shape index (κ3) is 2.85. The molecule has 0 spiro atoms. The molecule has 0 aromatic carbocycles. The number of aliphatic hydroxyl groups excluding tert-OH is 1. The van der Waals surface area contributed by atoms with Gasteiger partial charge in [0.2, 0.25) is 0 Å². The number of esters is 1. The highest BCUT2D eigenvalue weighted by Crippen LogP contribution is 2.25. The van der Waals surface area contributed by atoms with Crippen LogP contribution < -0.4 is 5.56 Å². The highest BCUT2D eigenvalue weighted by molar-refractivity contribution is 7.15. The molecule has 0 saturated heterocycles. The van der Waals surface area contributed by atoms with Crippen molar-refractivity contribution in [2.45, 2.75) is 33.5 Å². The summed E-state index contributed by atoms with van der Waals surface area (Å²) in [5.74, 6) is -0.546. The molecule has 0 unspecified atom stereocenters. The zero-order valence-electron chi connectivity index (χ0n) is 13.5. The Bertz CT molecular complexity index is 968. The summed E-state index contributed by atoms with van der Waals surface area (Å²) in [7, 11) is 0. The van der Waals surface area contributed by atoms with Crippen LogP contribution in [0.3, 0.4) is 0 Å². The number of aliphatic hydroxyl groups is 1. The van der Waals surface area contributed by atoms with Gasteiger partial charge in [0.05, 0.1) is 11.8 Å². The highest BCUT2D eigenvalue weighted by atomic mass is 32.1. The van der Waals surface area contributed by atoms with Crippen molar-refractivity contribution in [1.29, 1.82) is 0 Å². The van der Waals surface area contributed by atoms with Crippen molar-refractivity contribution in [3.8, 4) is 0 Å². The average molecular weight is 347 g/mol. The van der Waals surface area contributed by atoms with Crippen LogP contribution in [-0.2, 0) is 11.3 Å². The summed E-state index contributed by atoms with van der Waals surface area (Å²) < 4.78 is 6.70. The minimum atomic E-state index is -0.675. The lowest BCUT2D eigenvalue weighted by Gasteiger charge is -2.06. The van der Waals surface area contributed by atoms with Gasteiger partial charge in [-0.2, -0.15) is 0 Å². The van der Waals surface area contributed by atoms with Crippen LogP contribution in [0.5, 0.6) is 0 Å². The van der Waals surface area contributed by atoms with Crippen LogP contribution >= 0.6 is 11.3 Å². The van der Waals surface area contributed by atoms with Crippen LogP contribution in [0.2, 0.25) is 0 Å². The molecule has 3 aromatic heterocycles. The maximum atomic E-state index is 12.3. The van der Waals surface area contributed by atoms with Crippen LogP contribution in [0.4, 0.5) is 0 Å². The van der Waals surface area contributed by atoms with Gasteiger partial charge in [-0.05, 0) is 26.3 Å². The van der Waals surface area contributed by atoms with Crippen LogP contribution in [0, 0.1) is 13.8 Å². The second-order valence-electron chi connectivity index (χ2n) is 5.56. The minimum Gasteiger partial charge on any atom is -0.454 e. The van der Waals surface area contributed by atoms with Gasteiger partial charge in [-0.3, -0.25) is 9.20 Å². The number of ether oxygens (including phenoxy) is 1. The third-order valence-electron chi connectivity index (χ3n) is 3.82. The number of nitrogens with one attached hydrogen (secondary N) is 1. The van der Waals surface area contributed by atoms with Gasteiger partial charge in [0.15, 0.2) is 4.96 Å². The predicted octanol–water partition coefficient (Wildman–Crippen LogP) is 2.11. The lowest BCUT2D eigenvalue weighted by atomic mass is 10.1. The van der Waals surface area contributed by atoms with Crippen LogP contribution in [-0.4, -0.2) is 25.4 Å². The normalized spacial score (nSPS) is 12.5. The summed E-state index contributed by atoms with van der Waals surface area (Å²) in [5.41, 5.74) is 2.57. The van der Waals surface area contributed by atoms with Gasteiger partial charge >= 0.3 is 5.97 Å². The number of hydrogen-bond donors (Lipinski definition) is 2. The van der Waals surface area contributed by atoms with Crippen LogP contribution in [0.15, 0.2) is 22.4 Å².